The number of alkyl halides is 1. The van der Waals surface area contributed by atoms with Gasteiger partial charge in [0.1, 0.15) is 11.9 Å². The second kappa shape index (κ2) is 11.4. The molecule has 184 valence electrons. The van der Waals surface area contributed by atoms with Gasteiger partial charge in [0.2, 0.25) is 5.82 Å². The van der Waals surface area contributed by atoms with Crippen LogP contribution in [0.25, 0.3) is 0 Å². The Morgan fingerprint density at radius 3 is 2.24 bits per heavy atom. The number of carbonyl (C=O) groups excluding carboxylic acids is 2. The third-order valence-corrected chi connectivity index (χ3v) is 6.37. The molecule has 1 saturated carbocycles. The van der Waals surface area contributed by atoms with E-state index in [4.69, 9.17) is 14.2 Å². The van der Waals surface area contributed by atoms with Crippen LogP contribution >= 0.6 is 0 Å². The summed E-state index contributed by atoms with van der Waals surface area (Å²) in [4.78, 5) is 24.2. The fraction of sp³-hybridized carbons (Fsp3) is 0.462. The normalized spacial score (nSPS) is 19.7. The zero-order valence-corrected chi connectivity index (χ0v) is 19.5. The summed E-state index contributed by atoms with van der Waals surface area (Å²) in [6.45, 7) is 3.52. The molecule has 0 aromatic heterocycles. The van der Waals surface area contributed by atoms with Crippen molar-refractivity contribution in [1.82, 2.24) is 0 Å². The van der Waals surface area contributed by atoms with Crippen LogP contribution in [0, 0.1) is 17.6 Å². The van der Waals surface area contributed by atoms with Crippen LogP contribution in [0.1, 0.15) is 67.8 Å². The lowest BCUT2D eigenvalue weighted by atomic mass is 9.82. The number of ether oxygens (including phenoxy) is 3. The first-order chi connectivity index (χ1) is 16.2. The first-order valence-corrected chi connectivity index (χ1v) is 11.4. The molecular weight excluding hydrogens is 449 g/mol. The predicted molar refractivity (Wildman–Crippen MR) is 120 cm³/mol. The van der Waals surface area contributed by atoms with E-state index in [2.05, 4.69) is 0 Å². The number of carbonyl (C=O) groups is 2. The predicted octanol–water partition coefficient (Wildman–Crippen LogP) is 6.15. The van der Waals surface area contributed by atoms with E-state index >= 15 is 0 Å². The second-order valence-electron chi connectivity index (χ2n) is 8.60. The number of rotatable bonds is 8. The summed E-state index contributed by atoms with van der Waals surface area (Å²) in [5.74, 6) is -4.62. The van der Waals surface area contributed by atoms with E-state index in [1.165, 1.54) is 7.11 Å². The van der Waals surface area contributed by atoms with E-state index in [1.54, 1.807) is 19.1 Å². The molecule has 0 saturated heterocycles. The molecule has 1 aliphatic rings. The molecule has 5 nitrogen and oxygen atoms in total. The average Bonchev–Trinajstić information content (AvgIpc) is 2.85. The second-order valence-corrected chi connectivity index (χ2v) is 8.60. The Balaban J connectivity index is 1.54. The number of benzene rings is 2. The van der Waals surface area contributed by atoms with E-state index in [9.17, 15) is 22.8 Å². The summed E-state index contributed by atoms with van der Waals surface area (Å²) >= 11 is 0. The van der Waals surface area contributed by atoms with Crippen molar-refractivity contribution in [2.45, 2.75) is 64.1 Å². The van der Waals surface area contributed by atoms with Gasteiger partial charge in [-0.15, -0.1) is 0 Å². The number of hydrogen-bond donors (Lipinski definition) is 0. The highest BCUT2D eigenvalue weighted by Gasteiger charge is 2.30. The summed E-state index contributed by atoms with van der Waals surface area (Å²) in [5.41, 5.74) is 0.494. The molecule has 1 aliphatic carbocycles. The smallest absolute Gasteiger partial charge is 0.346 e. The summed E-state index contributed by atoms with van der Waals surface area (Å²) in [6.07, 6.45) is 1.51. The zero-order valence-electron chi connectivity index (χ0n) is 19.5. The van der Waals surface area contributed by atoms with Gasteiger partial charge in [0.25, 0.3) is 0 Å². The largest absolute Gasteiger partial charge is 0.494 e. The number of methoxy groups -OCH3 is 1. The highest BCUT2D eigenvalue weighted by Crippen LogP contribution is 2.35. The van der Waals surface area contributed by atoms with Crippen LogP contribution in [0.15, 0.2) is 36.4 Å². The monoisotopic (exact) mass is 478 g/mol. The van der Waals surface area contributed by atoms with Crippen LogP contribution in [0.5, 0.6) is 11.5 Å². The molecule has 2 aromatic carbocycles. The van der Waals surface area contributed by atoms with E-state index in [-0.39, 0.29) is 29.4 Å². The molecule has 0 amide bonds. The molecule has 0 unspecified atom stereocenters. The molecule has 0 aliphatic heterocycles. The van der Waals surface area contributed by atoms with E-state index < -0.39 is 35.3 Å². The maximum absolute atomic E-state index is 14.1. The molecule has 0 N–H and O–H groups in total. The van der Waals surface area contributed by atoms with Gasteiger partial charge in [0.05, 0.1) is 12.7 Å². The first kappa shape index (κ1) is 25.6. The zero-order chi connectivity index (χ0) is 24.8. The molecule has 0 bridgehead atoms. The SMILES string of the molecule is CC[C@H](C)[C@H](F)C(=O)O[C@H]1CC[C@H](c2ccc(OC(=O)c3ccc(OC)c(F)c3F)cc2)CC1. The Bertz CT molecular complexity index is 1000. The Kier molecular flexibility index (Phi) is 8.58. The van der Waals surface area contributed by atoms with Gasteiger partial charge in [-0.2, -0.15) is 4.39 Å². The molecule has 2 atom stereocenters. The van der Waals surface area contributed by atoms with Crippen molar-refractivity contribution < 1.29 is 37.0 Å². The lowest BCUT2D eigenvalue weighted by Crippen LogP contribution is -2.31. The van der Waals surface area contributed by atoms with Gasteiger partial charge < -0.3 is 14.2 Å². The van der Waals surface area contributed by atoms with Gasteiger partial charge in [-0.05, 0) is 67.3 Å². The Morgan fingerprint density at radius 2 is 1.65 bits per heavy atom. The van der Waals surface area contributed by atoms with Crippen LogP contribution in [0.2, 0.25) is 0 Å². The van der Waals surface area contributed by atoms with Crippen molar-refractivity contribution in [2.24, 2.45) is 5.92 Å². The van der Waals surface area contributed by atoms with Gasteiger partial charge in [-0.1, -0.05) is 32.4 Å². The van der Waals surface area contributed by atoms with E-state index in [0.717, 1.165) is 30.5 Å². The van der Waals surface area contributed by atoms with Gasteiger partial charge in [0, 0.05) is 0 Å². The van der Waals surface area contributed by atoms with E-state index in [1.807, 2.05) is 19.1 Å². The standard InChI is InChI=1S/C26H29F3O5/c1-4-15(2)22(27)26(31)34-19-11-7-17(8-12-19)16-5-9-18(10-6-16)33-25(30)20-13-14-21(32-3)24(29)23(20)28/h5-6,9-10,13-15,17,19,22H,4,7-8,11-12H2,1-3H3/t15-,17-,19-,22-/m0/s1. The molecule has 0 heterocycles. The van der Waals surface area contributed by atoms with E-state index in [0.29, 0.717) is 19.3 Å². The molecule has 8 heteroatoms. The van der Waals surface area contributed by atoms with Crippen molar-refractivity contribution >= 4 is 11.9 Å². The van der Waals surface area contributed by atoms with Crippen LogP contribution < -0.4 is 9.47 Å². The maximum Gasteiger partial charge on any atom is 0.346 e. The molecule has 0 spiro atoms. The lowest BCUT2D eigenvalue weighted by molar-refractivity contribution is -0.158. The summed E-state index contributed by atoms with van der Waals surface area (Å²) in [5, 5.41) is 0. The highest BCUT2D eigenvalue weighted by atomic mass is 19.2. The van der Waals surface area contributed by atoms with Gasteiger partial charge in [-0.3, -0.25) is 0 Å². The quantitative estimate of drug-likeness (QED) is 0.337. The number of esters is 2. The van der Waals surface area contributed by atoms with Crippen molar-refractivity contribution in [3.05, 3.63) is 59.2 Å². The van der Waals surface area contributed by atoms with Crippen molar-refractivity contribution in [1.29, 1.82) is 0 Å². The fourth-order valence-electron chi connectivity index (χ4n) is 4.00. The minimum atomic E-state index is -1.60. The van der Waals surface area contributed by atoms with Crippen molar-refractivity contribution in [3.8, 4) is 11.5 Å². The molecule has 0 radical (unpaired) electrons. The molecular formula is C26H29F3O5. The van der Waals surface area contributed by atoms with Crippen LogP contribution in [-0.2, 0) is 9.53 Å². The Labute approximate surface area is 197 Å². The van der Waals surface area contributed by atoms with Crippen molar-refractivity contribution in [3.63, 3.8) is 0 Å². The van der Waals surface area contributed by atoms with Crippen molar-refractivity contribution in [2.75, 3.05) is 7.11 Å². The number of halogens is 3. The minimum absolute atomic E-state index is 0.200. The molecule has 1 fully saturated rings. The first-order valence-electron chi connectivity index (χ1n) is 11.4. The Hall–Kier alpha value is -3.03. The maximum atomic E-state index is 14.1. The van der Waals surface area contributed by atoms with Gasteiger partial charge in [-0.25, -0.2) is 18.4 Å². The summed E-state index contributed by atoms with van der Waals surface area (Å²) in [7, 11) is 1.20. The van der Waals surface area contributed by atoms with Crippen LogP contribution in [0.4, 0.5) is 13.2 Å². The third kappa shape index (κ3) is 5.90. The average molecular weight is 479 g/mol. The van der Waals surface area contributed by atoms with Gasteiger partial charge >= 0.3 is 11.9 Å². The summed E-state index contributed by atoms with van der Waals surface area (Å²) < 4.78 is 57.2. The molecule has 2 aromatic rings. The lowest BCUT2D eigenvalue weighted by Gasteiger charge is -2.29. The van der Waals surface area contributed by atoms with Crippen LogP contribution in [-0.4, -0.2) is 31.3 Å². The Morgan fingerprint density at radius 1 is 1.00 bits per heavy atom. The van der Waals surface area contributed by atoms with Crippen LogP contribution in [0.3, 0.4) is 0 Å². The fourth-order valence-corrected chi connectivity index (χ4v) is 4.00. The summed E-state index contributed by atoms with van der Waals surface area (Å²) in [6, 6.07) is 9.07. The number of hydrogen-bond acceptors (Lipinski definition) is 5. The third-order valence-electron chi connectivity index (χ3n) is 6.37. The molecule has 3 rings (SSSR count). The van der Waals surface area contributed by atoms with Gasteiger partial charge in [0.15, 0.2) is 17.7 Å². The highest BCUT2D eigenvalue weighted by molar-refractivity contribution is 5.91. The molecule has 34 heavy (non-hydrogen) atoms. The topological polar surface area (TPSA) is 61.8 Å². The minimum Gasteiger partial charge on any atom is -0.494 e.